The van der Waals surface area contributed by atoms with E-state index in [-0.39, 0.29) is 12.0 Å². The third-order valence-corrected chi connectivity index (χ3v) is 3.25. The summed E-state index contributed by atoms with van der Waals surface area (Å²) in [5, 5.41) is 9.76. The van der Waals surface area contributed by atoms with Crippen molar-refractivity contribution < 1.29 is 19.4 Å². The number of carbonyl (C=O) groups excluding carboxylic acids is 1. The number of phenols is 1. The molecule has 1 fully saturated rings. The standard InChI is InChI=1S/C15H20O4/c1-2-5-11-8-12(10-16)13(17)9-14(11)19-15-6-3-4-7-18-15/h8-10,15,17H,2-7H2,1H3. The van der Waals surface area contributed by atoms with Gasteiger partial charge in [-0.2, -0.15) is 0 Å². The average molecular weight is 264 g/mol. The Hall–Kier alpha value is -1.55. The molecular weight excluding hydrogens is 244 g/mol. The number of phenolic OH excluding ortho intramolecular Hbond substituents is 1. The lowest BCUT2D eigenvalue weighted by Crippen LogP contribution is -2.25. The van der Waals surface area contributed by atoms with Crippen LogP contribution in [0.3, 0.4) is 0 Å². The molecule has 1 unspecified atom stereocenters. The first-order chi connectivity index (χ1) is 9.24. The van der Waals surface area contributed by atoms with Gasteiger partial charge in [-0.25, -0.2) is 0 Å². The van der Waals surface area contributed by atoms with Crippen LogP contribution in [0.25, 0.3) is 0 Å². The van der Waals surface area contributed by atoms with Gasteiger partial charge in [0.25, 0.3) is 0 Å². The Morgan fingerprint density at radius 2 is 2.32 bits per heavy atom. The number of rotatable bonds is 5. The SMILES string of the molecule is CCCc1cc(C=O)c(O)cc1OC1CCCCO1. The largest absolute Gasteiger partial charge is 0.507 e. The quantitative estimate of drug-likeness (QED) is 0.830. The average Bonchev–Trinajstić information content (AvgIpc) is 2.43. The zero-order valence-corrected chi connectivity index (χ0v) is 11.2. The molecule has 0 spiro atoms. The van der Waals surface area contributed by atoms with E-state index in [0.717, 1.165) is 37.7 Å². The molecule has 0 aliphatic carbocycles. The van der Waals surface area contributed by atoms with Gasteiger partial charge in [-0.1, -0.05) is 13.3 Å². The molecular formula is C15H20O4. The van der Waals surface area contributed by atoms with Gasteiger partial charge in [0.2, 0.25) is 0 Å². The van der Waals surface area contributed by atoms with Crippen LogP contribution in [0, 0.1) is 0 Å². The summed E-state index contributed by atoms with van der Waals surface area (Å²) in [7, 11) is 0. The number of aryl methyl sites for hydroxylation is 1. The number of aromatic hydroxyl groups is 1. The molecule has 1 heterocycles. The third-order valence-electron chi connectivity index (χ3n) is 3.25. The number of hydrogen-bond donors (Lipinski definition) is 1. The summed E-state index contributed by atoms with van der Waals surface area (Å²) >= 11 is 0. The van der Waals surface area contributed by atoms with E-state index in [1.807, 2.05) is 0 Å². The minimum atomic E-state index is -0.245. The summed E-state index contributed by atoms with van der Waals surface area (Å²) in [6.45, 7) is 2.78. The zero-order valence-electron chi connectivity index (χ0n) is 11.2. The Morgan fingerprint density at radius 1 is 1.47 bits per heavy atom. The maximum Gasteiger partial charge on any atom is 0.199 e. The highest BCUT2D eigenvalue weighted by atomic mass is 16.7. The number of benzene rings is 1. The first-order valence-electron chi connectivity index (χ1n) is 6.84. The lowest BCUT2D eigenvalue weighted by molar-refractivity contribution is -0.106. The molecule has 0 radical (unpaired) electrons. The molecule has 1 aliphatic heterocycles. The van der Waals surface area contributed by atoms with E-state index < -0.39 is 0 Å². The van der Waals surface area contributed by atoms with Gasteiger partial charge in [0, 0.05) is 12.5 Å². The smallest absolute Gasteiger partial charge is 0.199 e. The van der Waals surface area contributed by atoms with E-state index in [9.17, 15) is 9.90 Å². The first-order valence-corrected chi connectivity index (χ1v) is 6.84. The number of ether oxygens (including phenoxy) is 2. The first kappa shape index (κ1) is 13.9. The fourth-order valence-electron chi connectivity index (χ4n) is 2.25. The van der Waals surface area contributed by atoms with Gasteiger partial charge in [-0.15, -0.1) is 0 Å². The van der Waals surface area contributed by atoms with Crippen molar-refractivity contribution in [2.24, 2.45) is 0 Å². The molecule has 4 heteroatoms. The number of aldehydes is 1. The summed E-state index contributed by atoms with van der Waals surface area (Å²) in [6, 6.07) is 3.22. The Balaban J connectivity index is 2.21. The molecule has 19 heavy (non-hydrogen) atoms. The highest BCUT2D eigenvalue weighted by molar-refractivity contribution is 5.80. The van der Waals surface area contributed by atoms with Gasteiger partial charge in [0.15, 0.2) is 12.6 Å². The lowest BCUT2D eigenvalue weighted by atomic mass is 10.0. The van der Waals surface area contributed by atoms with Crippen LogP contribution >= 0.6 is 0 Å². The number of hydrogen-bond acceptors (Lipinski definition) is 4. The molecule has 1 aromatic rings. The summed E-state index contributed by atoms with van der Waals surface area (Å²) in [5.74, 6) is 0.581. The van der Waals surface area contributed by atoms with Crippen LogP contribution in [0.4, 0.5) is 0 Å². The van der Waals surface area contributed by atoms with Crippen molar-refractivity contribution in [3.05, 3.63) is 23.3 Å². The minimum Gasteiger partial charge on any atom is -0.507 e. The van der Waals surface area contributed by atoms with Gasteiger partial charge in [0.1, 0.15) is 11.5 Å². The van der Waals surface area contributed by atoms with Crippen molar-refractivity contribution in [2.75, 3.05) is 6.61 Å². The summed E-state index contributed by atoms with van der Waals surface area (Å²) in [5.41, 5.74) is 1.25. The second-order valence-corrected chi connectivity index (χ2v) is 4.80. The molecule has 1 aliphatic rings. The zero-order chi connectivity index (χ0) is 13.7. The summed E-state index contributed by atoms with van der Waals surface area (Å²) in [6.07, 6.45) is 5.19. The Kier molecular flexibility index (Phi) is 4.80. The van der Waals surface area contributed by atoms with E-state index in [1.54, 1.807) is 6.07 Å². The van der Waals surface area contributed by atoms with Crippen molar-refractivity contribution in [2.45, 2.75) is 45.3 Å². The van der Waals surface area contributed by atoms with Crippen molar-refractivity contribution >= 4 is 6.29 Å². The Labute approximate surface area is 113 Å². The minimum absolute atomic E-state index is 0.0411. The predicted octanol–water partition coefficient (Wildman–Crippen LogP) is 3.06. The number of carbonyl (C=O) groups is 1. The maximum absolute atomic E-state index is 10.9. The monoisotopic (exact) mass is 264 g/mol. The molecule has 1 N–H and O–H groups in total. The van der Waals surface area contributed by atoms with E-state index in [1.165, 1.54) is 6.07 Å². The molecule has 104 valence electrons. The van der Waals surface area contributed by atoms with E-state index >= 15 is 0 Å². The van der Waals surface area contributed by atoms with Crippen LogP contribution < -0.4 is 4.74 Å². The summed E-state index contributed by atoms with van der Waals surface area (Å²) < 4.78 is 11.4. The van der Waals surface area contributed by atoms with Crippen molar-refractivity contribution in [3.8, 4) is 11.5 Å². The summed E-state index contributed by atoms with van der Waals surface area (Å²) in [4.78, 5) is 10.9. The van der Waals surface area contributed by atoms with Gasteiger partial charge < -0.3 is 14.6 Å². The van der Waals surface area contributed by atoms with Crippen LogP contribution in [0.15, 0.2) is 12.1 Å². The highest BCUT2D eigenvalue weighted by Crippen LogP contribution is 2.30. The Bertz CT molecular complexity index is 436. The molecule has 0 aromatic heterocycles. The van der Waals surface area contributed by atoms with Gasteiger partial charge in [0.05, 0.1) is 12.2 Å². The van der Waals surface area contributed by atoms with Gasteiger partial charge in [-0.3, -0.25) is 4.79 Å². The van der Waals surface area contributed by atoms with Crippen molar-refractivity contribution in [1.82, 2.24) is 0 Å². The van der Waals surface area contributed by atoms with Crippen LogP contribution in [0.1, 0.15) is 48.5 Å². The van der Waals surface area contributed by atoms with Crippen molar-refractivity contribution in [1.29, 1.82) is 0 Å². The van der Waals surface area contributed by atoms with Crippen LogP contribution in [0.2, 0.25) is 0 Å². The van der Waals surface area contributed by atoms with E-state index in [0.29, 0.717) is 24.2 Å². The normalized spacial score (nSPS) is 19.1. The Morgan fingerprint density at radius 3 is 2.95 bits per heavy atom. The topological polar surface area (TPSA) is 55.8 Å². The van der Waals surface area contributed by atoms with E-state index in [4.69, 9.17) is 9.47 Å². The molecule has 1 aromatic carbocycles. The fourth-order valence-corrected chi connectivity index (χ4v) is 2.25. The van der Waals surface area contributed by atoms with Gasteiger partial charge >= 0.3 is 0 Å². The van der Waals surface area contributed by atoms with Crippen LogP contribution in [-0.4, -0.2) is 24.3 Å². The van der Waals surface area contributed by atoms with Crippen LogP contribution in [-0.2, 0) is 11.2 Å². The second kappa shape index (κ2) is 6.57. The fraction of sp³-hybridized carbons (Fsp3) is 0.533. The molecule has 0 amide bonds. The molecule has 1 atom stereocenters. The second-order valence-electron chi connectivity index (χ2n) is 4.80. The molecule has 0 saturated carbocycles. The van der Waals surface area contributed by atoms with Gasteiger partial charge in [-0.05, 0) is 30.9 Å². The molecule has 2 rings (SSSR count). The van der Waals surface area contributed by atoms with Crippen LogP contribution in [0.5, 0.6) is 11.5 Å². The molecule has 4 nitrogen and oxygen atoms in total. The lowest BCUT2D eigenvalue weighted by Gasteiger charge is -2.25. The highest BCUT2D eigenvalue weighted by Gasteiger charge is 2.18. The third kappa shape index (κ3) is 3.47. The maximum atomic E-state index is 10.9. The van der Waals surface area contributed by atoms with Crippen molar-refractivity contribution in [3.63, 3.8) is 0 Å². The molecule has 1 saturated heterocycles. The predicted molar refractivity (Wildman–Crippen MR) is 71.7 cm³/mol. The van der Waals surface area contributed by atoms with E-state index in [2.05, 4.69) is 6.92 Å². The molecule has 0 bridgehead atoms.